The number of likely N-dealkylation sites (tertiary alicyclic amines) is 1. The van der Waals surface area contributed by atoms with Crippen molar-refractivity contribution in [2.75, 3.05) is 25.0 Å². The Bertz CT molecular complexity index is 601. The van der Waals surface area contributed by atoms with E-state index in [1.54, 1.807) is 6.33 Å². The predicted octanol–water partition coefficient (Wildman–Crippen LogP) is 4.69. The first-order valence-electron chi connectivity index (χ1n) is 10.2. The van der Waals surface area contributed by atoms with E-state index in [2.05, 4.69) is 33.7 Å². The molecule has 0 unspecified atom stereocenters. The maximum absolute atomic E-state index is 6.60. The lowest BCUT2D eigenvalue weighted by atomic mass is 9.81. The third-order valence-corrected chi connectivity index (χ3v) is 7.02. The van der Waals surface area contributed by atoms with Crippen molar-refractivity contribution in [1.82, 2.24) is 14.9 Å². The highest BCUT2D eigenvalue weighted by molar-refractivity contribution is 6.30. The minimum Gasteiger partial charge on any atom is -0.359 e. The number of hydrogen-bond acceptors (Lipinski definition) is 4. The average Bonchev–Trinajstić information content (AvgIpc) is 2.99. The van der Waals surface area contributed by atoms with Gasteiger partial charge in [0.05, 0.1) is 0 Å². The third kappa shape index (κ3) is 3.16. The average molecular weight is 363 g/mol. The number of halogens is 1. The van der Waals surface area contributed by atoms with Crippen LogP contribution in [-0.2, 0) is 0 Å². The van der Waals surface area contributed by atoms with E-state index in [4.69, 9.17) is 11.6 Å². The first kappa shape index (κ1) is 17.5. The van der Waals surface area contributed by atoms with Gasteiger partial charge in [-0.25, -0.2) is 9.97 Å². The van der Waals surface area contributed by atoms with Crippen LogP contribution in [0, 0.1) is 11.8 Å². The van der Waals surface area contributed by atoms with Crippen LogP contribution in [0.15, 0.2) is 6.33 Å². The molecule has 0 radical (unpaired) electrons. The highest BCUT2D eigenvalue weighted by Gasteiger charge is 2.49. The fourth-order valence-corrected chi connectivity index (χ4v) is 5.86. The van der Waals surface area contributed by atoms with Gasteiger partial charge < -0.3 is 4.90 Å². The van der Waals surface area contributed by atoms with Gasteiger partial charge in [0.15, 0.2) is 0 Å². The minimum absolute atomic E-state index is 0.415. The van der Waals surface area contributed by atoms with Gasteiger partial charge in [-0.3, -0.25) is 4.90 Å². The minimum atomic E-state index is 0.415. The van der Waals surface area contributed by atoms with E-state index in [9.17, 15) is 0 Å². The summed E-state index contributed by atoms with van der Waals surface area (Å²) in [5, 5.41) is 0.664. The zero-order chi connectivity index (χ0) is 17.4. The zero-order valence-electron chi connectivity index (χ0n) is 15.6. The quantitative estimate of drug-likeness (QED) is 0.727. The molecule has 4 rings (SSSR count). The standard InChI is InChI=1S/C20H31ClN4/c1-3-4-10-25-16(14-8-6-5-7-9-14)11-15-12-24(2)20-17(18(15)25)19(21)22-13-23-20/h13-16,18H,3-12H2,1-2H3/t15-,16-,18-/m1/s1. The van der Waals surface area contributed by atoms with E-state index in [0.717, 1.165) is 24.3 Å². The van der Waals surface area contributed by atoms with Crippen molar-refractivity contribution in [1.29, 1.82) is 0 Å². The largest absolute Gasteiger partial charge is 0.359 e. The van der Waals surface area contributed by atoms with Crippen LogP contribution >= 0.6 is 11.6 Å². The van der Waals surface area contributed by atoms with E-state index in [-0.39, 0.29) is 0 Å². The van der Waals surface area contributed by atoms with E-state index < -0.39 is 0 Å². The molecule has 0 N–H and O–H groups in total. The summed E-state index contributed by atoms with van der Waals surface area (Å²) in [7, 11) is 2.16. The van der Waals surface area contributed by atoms with Crippen molar-refractivity contribution in [3.05, 3.63) is 17.0 Å². The molecule has 138 valence electrons. The highest BCUT2D eigenvalue weighted by Crippen LogP contribution is 2.51. The molecule has 0 amide bonds. The summed E-state index contributed by atoms with van der Waals surface area (Å²) in [6.07, 6.45) is 12.5. The van der Waals surface area contributed by atoms with Crippen LogP contribution in [0.3, 0.4) is 0 Å². The van der Waals surface area contributed by atoms with Gasteiger partial charge in [-0.05, 0) is 44.1 Å². The number of hydrogen-bond donors (Lipinski definition) is 0. The Kier molecular flexibility index (Phi) is 5.19. The second-order valence-electron chi connectivity index (χ2n) is 8.28. The second-order valence-corrected chi connectivity index (χ2v) is 8.64. The molecule has 4 nitrogen and oxygen atoms in total. The maximum Gasteiger partial charge on any atom is 0.139 e. The molecular formula is C20H31ClN4. The Morgan fingerprint density at radius 3 is 2.72 bits per heavy atom. The lowest BCUT2D eigenvalue weighted by molar-refractivity contribution is 0.116. The van der Waals surface area contributed by atoms with Crippen molar-refractivity contribution in [3.63, 3.8) is 0 Å². The summed E-state index contributed by atoms with van der Waals surface area (Å²) in [4.78, 5) is 14.0. The van der Waals surface area contributed by atoms with Crippen LogP contribution in [0.2, 0.25) is 5.15 Å². The molecular weight excluding hydrogens is 332 g/mol. The van der Waals surface area contributed by atoms with Crippen molar-refractivity contribution >= 4 is 17.4 Å². The van der Waals surface area contributed by atoms with Crippen LogP contribution < -0.4 is 4.90 Å². The summed E-state index contributed by atoms with van der Waals surface area (Å²) < 4.78 is 0. The van der Waals surface area contributed by atoms with Gasteiger partial charge in [0.2, 0.25) is 0 Å². The Labute approximate surface area is 157 Å². The summed E-state index contributed by atoms with van der Waals surface area (Å²) in [6, 6.07) is 1.14. The van der Waals surface area contributed by atoms with Crippen LogP contribution in [0.25, 0.3) is 0 Å². The van der Waals surface area contributed by atoms with Crippen molar-refractivity contribution in [2.24, 2.45) is 11.8 Å². The molecule has 3 heterocycles. The highest BCUT2D eigenvalue weighted by atomic mass is 35.5. The molecule has 3 atom stereocenters. The molecule has 1 aliphatic carbocycles. The predicted molar refractivity (Wildman–Crippen MR) is 103 cm³/mol. The molecule has 2 fully saturated rings. The molecule has 0 aromatic carbocycles. The molecule has 1 aromatic heterocycles. The fraction of sp³-hybridized carbons (Fsp3) is 0.800. The van der Waals surface area contributed by atoms with Gasteiger partial charge in [-0.2, -0.15) is 0 Å². The Hall–Kier alpha value is -0.870. The lowest BCUT2D eigenvalue weighted by Crippen LogP contribution is -2.41. The third-order valence-electron chi connectivity index (χ3n) is 6.72. The number of aromatic nitrogens is 2. The van der Waals surface area contributed by atoms with E-state index in [0.29, 0.717) is 17.1 Å². The molecule has 25 heavy (non-hydrogen) atoms. The van der Waals surface area contributed by atoms with Crippen LogP contribution in [0.4, 0.5) is 5.82 Å². The molecule has 1 saturated carbocycles. The SMILES string of the molecule is CCCCN1[C@@H](C2CCCCC2)C[C@@H]2CN(C)c3ncnc(Cl)c3[C@@H]21. The van der Waals surface area contributed by atoms with Gasteiger partial charge in [-0.1, -0.05) is 44.2 Å². The van der Waals surface area contributed by atoms with E-state index in [1.807, 2.05) is 0 Å². The molecule has 0 spiro atoms. The molecule has 1 saturated heterocycles. The van der Waals surface area contributed by atoms with E-state index >= 15 is 0 Å². The lowest BCUT2D eigenvalue weighted by Gasteiger charge is -2.40. The maximum atomic E-state index is 6.60. The topological polar surface area (TPSA) is 32.3 Å². The number of anilines is 1. The smallest absolute Gasteiger partial charge is 0.139 e. The normalized spacial score (nSPS) is 30.4. The second kappa shape index (κ2) is 7.40. The van der Waals surface area contributed by atoms with Crippen molar-refractivity contribution < 1.29 is 0 Å². The molecule has 0 bridgehead atoms. The summed E-state index contributed by atoms with van der Waals surface area (Å²) >= 11 is 6.60. The first-order valence-corrected chi connectivity index (χ1v) is 10.6. The van der Waals surface area contributed by atoms with Crippen LogP contribution in [0.1, 0.15) is 69.9 Å². The fourth-order valence-electron chi connectivity index (χ4n) is 5.62. The number of nitrogens with zero attached hydrogens (tertiary/aromatic N) is 4. The van der Waals surface area contributed by atoms with E-state index in [1.165, 1.54) is 63.5 Å². The number of rotatable bonds is 4. The molecule has 1 aromatic rings. The van der Waals surface area contributed by atoms with Gasteiger partial charge in [0, 0.05) is 31.2 Å². The Morgan fingerprint density at radius 1 is 1.16 bits per heavy atom. The van der Waals surface area contributed by atoms with Gasteiger partial charge in [-0.15, -0.1) is 0 Å². The zero-order valence-corrected chi connectivity index (χ0v) is 16.4. The molecule has 2 aliphatic heterocycles. The van der Waals surface area contributed by atoms with Crippen molar-refractivity contribution in [3.8, 4) is 0 Å². The van der Waals surface area contributed by atoms with Gasteiger partial charge in [0.1, 0.15) is 17.3 Å². The molecule has 5 heteroatoms. The van der Waals surface area contributed by atoms with Gasteiger partial charge in [0.25, 0.3) is 0 Å². The molecule has 3 aliphatic rings. The van der Waals surface area contributed by atoms with Crippen LogP contribution in [0.5, 0.6) is 0 Å². The monoisotopic (exact) mass is 362 g/mol. The summed E-state index contributed by atoms with van der Waals surface area (Å²) in [5.41, 5.74) is 1.19. The van der Waals surface area contributed by atoms with Crippen LogP contribution in [-0.4, -0.2) is 41.0 Å². The summed E-state index contributed by atoms with van der Waals surface area (Å²) in [5.74, 6) is 2.57. The van der Waals surface area contributed by atoms with Gasteiger partial charge >= 0.3 is 0 Å². The Morgan fingerprint density at radius 2 is 1.96 bits per heavy atom. The number of fused-ring (bicyclic) bond motifs is 3. The number of unbranched alkanes of at least 4 members (excludes halogenated alkanes) is 1. The Balaban J connectivity index is 1.69. The van der Waals surface area contributed by atoms with Crippen molar-refractivity contribution in [2.45, 2.75) is 70.4 Å². The first-order chi connectivity index (χ1) is 12.2. The summed E-state index contributed by atoms with van der Waals surface area (Å²) in [6.45, 7) is 4.58.